The number of nitrogens with zero attached hydrogens (tertiary/aromatic N) is 1. The van der Waals surface area contributed by atoms with Crippen molar-refractivity contribution in [3.8, 4) is 0 Å². The van der Waals surface area contributed by atoms with Crippen molar-refractivity contribution in [3.05, 3.63) is 51.5 Å². The molecule has 1 aromatic rings. The van der Waals surface area contributed by atoms with Gasteiger partial charge in [0.05, 0.1) is 10.0 Å². The molecule has 0 saturated heterocycles. The molecule has 0 bridgehead atoms. The minimum Gasteiger partial charge on any atom is -0.370 e. The van der Waals surface area contributed by atoms with Crippen molar-refractivity contribution in [2.24, 2.45) is 11.8 Å². The van der Waals surface area contributed by atoms with E-state index in [0.29, 0.717) is 23.7 Å². The van der Waals surface area contributed by atoms with Crippen molar-refractivity contribution in [3.63, 3.8) is 0 Å². The molecule has 4 aliphatic rings. The van der Waals surface area contributed by atoms with E-state index in [4.69, 9.17) is 23.2 Å². The van der Waals surface area contributed by atoms with Gasteiger partial charge in [-0.3, -0.25) is 0 Å². The third-order valence-electron chi connectivity index (χ3n) is 5.76. The number of benzene rings is 1. The molecule has 0 aromatic heterocycles. The van der Waals surface area contributed by atoms with Gasteiger partial charge in [-0.25, -0.2) is 0 Å². The Morgan fingerprint density at radius 1 is 0.952 bits per heavy atom. The van der Waals surface area contributed by atoms with E-state index in [-0.39, 0.29) is 0 Å². The van der Waals surface area contributed by atoms with Crippen LogP contribution < -0.4 is 4.90 Å². The first-order chi connectivity index (χ1) is 10.2. The van der Waals surface area contributed by atoms with Crippen LogP contribution in [0.4, 0.5) is 5.69 Å². The lowest BCUT2D eigenvalue weighted by molar-refractivity contribution is 0.410. The summed E-state index contributed by atoms with van der Waals surface area (Å²) < 4.78 is 0. The first kappa shape index (κ1) is 12.6. The number of hydrogen-bond acceptors (Lipinski definition) is 1. The summed E-state index contributed by atoms with van der Waals surface area (Å²) in [6.07, 6.45) is 11.7. The Morgan fingerprint density at radius 3 is 2.38 bits per heavy atom. The summed E-state index contributed by atoms with van der Waals surface area (Å²) in [5, 5.41) is 1.51. The molecule has 1 aromatic carbocycles. The fourth-order valence-corrected chi connectivity index (χ4v) is 5.35. The van der Waals surface area contributed by atoms with Crippen LogP contribution in [0.5, 0.6) is 0 Å². The minimum atomic E-state index is 0.461. The maximum absolute atomic E-state index is 6.63. The summed E-state index contributed by atoms with van der Waals surface area (Å²) in [6, 6.07) is 2.13. The summed E-state index contributed by atoms with van der Waals surface area (Å²) in [6.45, 7) is 2.33. The maximum atomic E-state index is 6.63. The third kappa shape index (κ3) is 1.59. The lowest BCUT2D eigenvalue weighted by Crippen LogP contribution is -2.43. The van der Waals surface area contributed by atoms with Gasteiger partial charge in [-0.15, -0.1) is 0 Å². The van der Waals surface area contributed by atoms with Gasteiger partial charge in [0, 0.05) is 36.2 Å². The Bertz CT molecular complexity index is 689. The lowest BCUT2D eigenvalue weighted by atomic mass is 9.75. The predicted octanol–water partition coefficient (Wildman–Crippen LogP) is 5.15. The summed E-state index contributed by atoms with van der Waals surface area (Å²) in [4.78, 5) is 2.59. The van der Waals surface area contributed by atoms with Gasteiger partial charge in [0.15, 0.2) is 0 Å². The quantitative estimate of drug-likeness (QED) is 0.598. The third-order valence-corrected chi connectivity index (χ3v) is 6.56. The normalized spacial score (nSPS) is 34.9. The van der Waals surface area contributed by atoms with E-state index in [0.717, 1.165) is 10.0 Å². The van der Waals surface area contributed by atoms with Crippen molar-refractivity contribution in [1.82, 2.24) is 0 Å². The van der Waals surface area contributed by atoms with Crippen LogP contribution in [0.2, 0.25) is 10.0 Å². The average molecular weight is 318 g/mol. The van der Waals surface area contributed by atoms with E-state index < -0.39 is 0 Å². The second-order valence-electron chi connectivity index (χ2n) is 6.83. The zero-order chi connectivity index (χ0) is 14.1. The first-order valence-corrected chi connectivity index (χ1v) is 8.59. The molecule has 5 rings (SSSR count). The van der Waals surface area contributed by atoms with Gasteiger partial charge in [0.2, 0.25) is 0 Å². The predicted molar refractivity (Wildman–Crippen MR) is 88.7 cm³/mol. The zero-order valence-corrected chi connectivity index (χ0v) is 13.2. The minimum absolute atomic E-state index is 0.461. The van der Waals surface area contributed by atoms with Gasteiger partial charge >= 0.3 is 0 Å². The topological polar surface area (TPSA) is 3.24 Å². The highest BCUT2D eigenvalue weighted by Crippen LogP contribution is 2.56. The van der Waals surface area contributed by atoms with Crippen molar-refractivity contribution >= 4 is 28.9 Å². The molecule has 0 radical (unpaired) electrons. The Balaban J connectivity index is 1.80. The molecule has 2 aliphatic carbocycles. The van der Waals surface area contributed by atoms with Crippen molar-refractivity contribution in [1.29, 1.82) is 0 Å². The second kappa shape index (κ2) is 4.30. The molecular weight excluding hydrogens is 301 g/mol. The first-order valence-electron chi connectivity index (χ1n) is 7.84. The van der Waals surface area contributed by atoms with Crippen LogP contribution in [-0.4, -0.2) is 13.1 Å². The highest BCUT2D eigenvalue weighted by molar-refractivity contribution is 6.43. The van der Waals surface area contributed by atoms with E-state index in [1.165, 1.54) is 42.7 Å². The van der Waals surface area contributed by atoms with Crippen molar-refractivity contribution in [2.75, 3.05) is 18.0 Å². The fourth-order valence-electron chi connectivity index (χ4n) is 4.86. The van der Waals surface area contributed by atoms with E-state index in [1.54, 1.807) is 0 Å². The van der Waals surface area contributed by atoms with Gasteiger partial charge in [0.25, 0.3) is 0 Å². The smallest absolute Gasteiger partial charge is 0.0651 e. The van der Waals surface area contributed by atoms with Crippen LogP contribution in [-0.2, 0) is 0 Å². The van der Waals surface area contributed by atoms with Crippen molar-refractivity contribution in [2.45, 2.75) is 24.7 Å². The summed E-state index contributed by atoms with van der Waals surface area (Å²) in [5.74, 6) is 2.38. The van der Waals surface area contributed by atoms with Gasteiger partial charge in [-0.2, -0.15) is 0 Å². The summed E-state index contributed by atoms with van der Waals surface area (Å²) in [5.41, 5.74) is 4.09. The standard InChI is InChI=1S/C18H17Cl2N/c19-15-7-14-12-5-1-3-10(12)8-21-9-11-4-2-6-13(11)16(17(15)20)18(14)21/h1-2,5-7,10-13H,3-4,8-9H2/t10-,11+,12+,13+/m0/s1. The number of halogens is 2. The molecule has 4 atom stereocenters. The molecule has 1 nitrogen and oxygen atoms in total. The van der Waals surface area contributed by atoms with Crippen LogP contribution in [0.1, 0.15) is 35.8 Å². The number of allylic oxidation sites excluding steroid dienone is 4. The van der Waals surface area contributed by atoms with Crippen LogP contribution in [0.25, 0.3) is 0 Å². The van der Waals surface area contributed by atoms with Crippen LogP contribution in [0.3, 0.4) is 0 Å². The molecule has 2 heterocycles. The highest BCUT2D eigenvalue weighted by Gasteiger charge is 2.43. The highest BCUT2D eigenvalue weighted by atomic mass is 35.5. The molecule has 0 fully saturated rings. The molecular formula is C18H17Cl2N. The van der Waals surface area contributed by atoms with Gasteiger partial charge in [-0.05, 0) is 36.3 Å². The largest absolute Gasteiger partial charge is 0.370 e. The summed E-state index contributed by atoms with van der Waals surface area (Å²) >= 11 is 13.1. The molecule has 108 valence electrons. The van der Waals surface area contributed by atoms with Crippen LogP contribution >= 0.6 is 23.2 Å². The fraction of sp³-hybridized carbons (Fsp3) is 0.444. The average Bonchev–Trinajstić information content (AvgIpc) is 3.11. The van der Waals surface area contributed by atoms with Crippen LogP contribution in [0.15, 0.2) is 30.4 Å². The molecule has 2 aliphatic heterocycles. The van der Waals surface area contributed by atoms with E-state index in [9.17, 15) is 0 Å². The number of fused-ring (bicyclic) bond motifs is 4. The molecule has 21 heavy (non-hydrogen) atoms. The molecule has 0 unspecified atom stereocenters. The SMILES string of the molecule is Clc1cc2c3c(c1Cl)[C@@H]1C=CC[C@@H]1CN3C[C@@H]1CC=C[C@@H]21. The number of rotatable bonds is 0. The molecule has 0 spiro atoms. The Hall–Kier alpha value is -0.920. The van der Waals surface area contributed by atoms with E-state index in [2.05, 4.69) is 35.3 Å². The monoisotopic (exact) mass is 317 g/mol. The maximum Gasteiger partial charge on any atom is 0.0651 e. The molecule has 0 amide bonds. The Kier molecular flexibility index (Phi) is 2.58. The van der Waals surface area contributed by atoms with Gasteiger partial charge in [-0.1, -0.05) is 47.5 Å². The van der Waals surface area contributed by atoms with Crippen molar-refractivity contribution < 1.29 is 0 Å². The summed E-state index contributed by atoms with van der Waals surface area (Å²) in [7, 11) is 0. The Labute approximate surface area is 135 Å². The molecule has 0 saturated carbocycles. The van der Waals surface area contributed by atoms with Gasteiger partial charge in [0.1, 0.15) is 0 Å². The van der Waals surface area contributed by atoms with Gasteiger partial charge < -0.3 is 4.90 Å². The lowest BCUT2D eigenvalue weighted by Gasteiger charge is -2.46. The second-order valence-corrected chi connectivity index (χ2v) is 7.61. The molecule has 3 heteroatoms. The van der Waals surface area contributed by atoms with E-state index >= 15 is 0 Å². The molecule has 0 N–H and O–H groups in total. The number of hydrogen-bond donors (Lipinski definition) is 0. The van der Waals surface area contributed by atoms with Crippen LogP contribution in [0, 0.1) is 11.8 Å². The Morgan fingerprint density at radius 2 is 1.62 bits per heavy atom. The zero-order valence-electron chi connectivity index (χ0n) is 11.7. The van der Waals surface area contributed by atoms with E-state index in [1.807, 2.05) is 0 Å². The number of anilines is 1.